The van der Waals surface area contributed by atoms with E-state index >= 15 is 0 Å². The molecule has 7 heteroatoms. The van der Waals surface area contributed by atoms with Crippen molar-refractivity contribution < 1.29 is 14.4 Å². The predicted molar refractivity (Wildman–Crippen MR) is 111 cm³/mol. The highest BCUT2D eigenvalue weighted by molar-refractivity contribution is 6.10. The Kier molecular flexibility index (Phi) is 5.34. The topological polar surface area (TPSA) is 73.0 Å². The number of para-hydroxylation sites is 1. The number of imide groups is 1. The molecule has 3 aliphatic heterocycles. The average molecular weight is 399 g/mol. The number of carbonyl (C=O) groups is 3. The van der Waals surface area contributed by atoms with Crippen molar-refractivity contribution in [2.75, 3.05) is 37.6 Å². The lowest BCUT2D eigenvalue weighted by Crippen LogP contribution is -2.55. The summed E-state index contributed by atoms with van der Waals surface area (Å²) in [6.07, 6.45) is 3.03. The van der Waals surface area contributed by atoms with Crippen LogP contribution in [-0.2, 0) is 16.0 Å². The summed E-state index contributed by atoms with van der Waals surface area (Å²) in [7, 11) is 0. The molecule has 1 aromatic rings. The number of aryl methyl sites for hydroxylation is 1. The molecule has 1 N–H and O–H groups in total. The first kappa shape index (κ1) is 19.9. The van der Waals surface area contributed by atoms with Gasteiger partial charge >= 0.3 is 6.03 Å². The molecule has 2 fully saturated rings. The number of piperidine rings is 1. The summed E-state index contributed by atoms with van der Waals surface area (Å²) in [6, 6.07) is 7.41. The Balaban J connectivity index is 1.43. The molecule has 0 saturated carbocycles. The average Bonchev–Trinajstić information content (AvgIpc) is 2.93. The van der Waals surface area contributed by atoms with E-state index < -0.39 is 11.6 Å². The molecule has 0 aliphatic carbocycles. The van der Waals surface area contributed by atoms with Crippen LogP contribution in [0.2, 0.25) is 0 Å². The van der Waals surface area contributed by atoms with Crippen LogP contribution in [0.5, 0.6) is 0 Å². The van der Waals surface area contributed by atoms with Crippen molar-refractivity contribution in [1.29, 1.82) is 0 Å². The van der Waals surface area contributed by atoms with Gasteiger partial charge < -0.3 is 15.1 Å². The fraction of sp³-hybridized carbons (Fsp3) is 0.591. The van der Waals surface area contributed by atoms with Gasteiger partial charge in [-0.2, -0.15) is 0 Å². The van der Waals surface area contributed by atoms with E-state index in [4.69, 9.17) is 0 Å². The van der Waals surface area contributed by atoms with Crippen molar-refractivity contribution in [2.45, 2.75) is 45.1 Å². The molecular weight excluding hydrogens is 368 g/mol. The highest BCUT2D eigenvalue weighted by atomic mass is 16.2. The van der Waals surface area contributed by atoms with Crippen molar-refractivity contribution >= 4 is 23.5 Å². The molecule has 29 heavy (non-hydrogen) atoms. The van der Waals surface area contributed by atoms with Gasteiger partial charge in [0.1, 0.15) is 12.1 Å². The summed E-state index contributed by atoms with van der Waals surface area (Å²) in [5.41, 5.74) is 1.19. The maximum absolute atomic E-state index is 13.1. The van der Waals surface area contributed by atoms with E-state index in [9.17, 15) is 14.4 Å². The van der Waals surface area contributed by atoms with E-state index in [0.717, 1.165) is 48.6 Å². The summed E-state index contributed by atoms with van der Waals surface area (Å²) in [4.78, 5) is 43.9. The minimum Gasteiger partial charge on any atom is -0.323 e. The van der Waals surface area contributed by atoms with E-state index in [1.165, 1.54) is 0 Å². The highest BCUT2D eigenvalue weighted by Gasteiger charge is 2.52. The van der Waals surface area contributed by atoms with Crippen LogP contribution in [-0.4, -0.2) is 65.9 Å². The first-order chi connectivity index (χ1) is 13.9. The van der Waals surface area contributed by atoms with Crippen LogP contribution in [0.25, 0.3) is 0 Å². The monoisotopic (exact) mass is 398 g/mol. The second-order valence-electron chi connectivity index (χ2n) is 8.88. The molecule has 0 atom stereocenters. The number of rotatable bonds is 4. The van der Waals surface area contributed by atoms with Crippen LogP contribution in [0, 0.1) is 5.92 Å². The number of fused-ring (bicyclic) bond motifs is 1. The summed E-state index contributed by atoms with van der Waals surface area (Å²) >= 11 is 0. The van der Waals surface area contributed by atoms with Crippen LogP contribution < -0.4 is 10.2 Å². The smallest absolute Gasteiger partial charge is 0.323 e. The first-order valence-electron chi connectivity index (χ1n) is 10.6. The zero-order valence-corrected chi connectivity index (χ0v) is 17.3. The number of carbonyl (C=O) groups excluding carboxylic acids is 3. The van der Waals surface area contributed by atoms with E-state index in [2.05, 4.69) is 24.1 Å². The molecule has 1 aromatic carbocycles. The zero-order chi connectivity index (χ0) is 20.6. The largest absolute Gasteiger partial charge is 0.325 e. The molecule has 4 rings (SSSR count). The van der Waals surface area contributed by atoms with Gasteiger partial charge in [0, 0.05) is 31.9 Å². The second kappa shape index (κ2) is 7.78. The van der Waals surface area contributed by atoms with Gasteiger partial charge in [0.15, 0.2) is 0 Å². The lowest BCUT2D eigenvalue weighted by atomic mass is 9.87. The fourth-order valence-corrected chi connectivity index (χ4v) is 4.81. The Bertz CT molecular complexity index is 814. The minimum absolute atomic E-state index is 0.198. The number of amides is 4. The van der Waals surface area contributed by atoms with Gasteiger partial charge in [-0.15, -0.1) is 0 Å². The second-order valence-corrected chi connectivity index (χ2v) is 8.88. The molecule has 0 bridgehead atoms. The Labute approximate surface area is 172 Å². The Hall–Kier alpha value is -2.41. The molecule has 3 aliphatic rings. The molecular formula is C22H30N4O3. The minimum atomic E-state index is -0.843. The Morgan fingerprint density at radius 1 is 1.14 bits per heavy atom. The van der Waals surface area contributed by atoms with Crippen molar-refractivity contribution in [3.63, 3.8) is 0 Å². The summed E-state index contributed by atoms with van der Waals surface area (Å²) in [5, 5.41) is 2.91. The number of hydrogen-bond acceptors (Lipinski definition) is 4. The third-order valence-electron chi connectivity index (χ3n) is 6.28. The first-order valence-corrected chi connectivity index (χ1v) is 10.6. The summed E-state index contributed by atoms with van der Waals surface area (Å²) in [6.45, 7) is 7.34. The third-order valence-corrected chi connectivity index (χ3v) is 6.28. The molecule has 156 valence electrons. The predicted octanol–water partition coefficient (Wildman–Crippen LogP) is 2.01. The lowest BCUT2D eigenvalue weighted by molar-refractivity contribution is -0.135. The van der Waals surface area contributed by atoms with Gasteiger partial charge in [-0.3, -0.25) is 14.5 Å². The van der Waals surface area contributed by atoms with Crippen LogP contribution in [0.1, 0.15) is 38.7 Å². The fourth-order valence-electron chi connectivity index (χ4n) is 4.81. The number of likely N-dealkylation sites (tertiary alicyclic amines) is 1. The number of nitrogens with one attached hydrogen (secondary N) is 1. The van der Waals surface area contributed by atoms with Crippen molar-refractivity contribution in [2.24, 2.45) is 5.92 Å². The molecule has 0 radical (unpaired) electrons. The normalized spacial score (nSPS) is 21.6. The maximum Gasteiger partial charge on any atom is 0.325 e. The molecule has 0 unspecified atom stereocenters. The third kappa shape index (κ3) is 3.75. The zero-order valence-electron chi connectivity index (χ0n) is 17.3. The van der Waals surface area contributed by atoms with Crippen molar-refractivity contribution in [3.05, 3.63) is 29.8 Å². The van der Waals surface area contributed by atoms with Gasteiger partial charge in [0.05, 0.1) is 0 Å². The van der Waals surface area contributed by atoms with Gasteiger partial charge in [-0.05, 0) is 43.2 Å². The molecule has 4 amide bonds. The SMILES string of the molecule is CC(C)CN1CCC2(CC1)NC(=O)N(CC(=O)N1CCCc3ccccc31)C2=O. The Morgan fingerprint density at radius 3 is 2.59 bits per heavy atom. The van der Waals surface area contributed by atoms with E-state index in [1.54, 1.807) is 4.90 Å². The van der Waals surface area contributed by atoms with Gasteiger partial charge in [-0.1, -0.05) is 32.0 Å². The van der Waals surface area contributed by atoms with Crippen LogP contribution >= 0.6 is 0 Å². The van der Waals surface area contributed by atoms with E-state index in [0.29, 0.717) is 25.3 Å². The molecule has 0 aromatic heterocycles. The quantitative estimate of drug-likeness (QED) is 0.788. The van der Waals surface area contributed by atoms with Gasteiger partial charge in [0.25, 0.3) is 5.91 Å². The van der Waals surface area contributed by atoms with Gasteiger partial charge in [0.2, 0.25) is 5.91 Å². The number of urea groups is 1. The maximum atomic E-state index is 13.1. The van der Waals surface area contributed by atoms with E-state index in [1.807, 2.05) is 24.3 Å². The number of hydrogen-bond donors (Lipinski definition) is 1. The standard InChI is InChI=1S/C22H30N4O3/c1-16(2)14-24-12-9-22(10-13-24)20(28)26(21(29)23-22)15-19(27)25-11-5-7-17-6-3-4-8-18(17)25/h3-4,6,8,16H,5,7,9-15H2,1-2H3,(H,23,29). The van der Waals surface area contributed by atoms with Gasteiger partial charge in [-0.25, -0.2) is 4.79 Å². The Morgan fingerprint density at radius 2 is 1.86 bits per heavy atom. The molecule has 2 saturated heterocycles. The molecule has 3 heterocycles. The lowest BCUT2D eigenvalue weighted by Gasteiger charge is -2.38. The van der Waals surface area contributed by atoms with Crippen LogP contribution in [0.4, 0.5) is 10.5 Å². The number of anilines is 1. The van der Waals surface area contributed by atoms with Crippen molar-refractivity contribution in [1.82, 2.24) is 15.1 Å². The van der Waals surface area contributed by atoms with Crippen LogP contribution in [0.3, 0.4) is 0 Å². The molecule has 7 nitrogen and oxygen atoms in total. The highest BCUT2D eigenvalue weighted by Crippen LogP contribution is 2.31. The summed E-state index contributed by atoms with van der Waals surface area (Å²) < 4.78 is 0. The number of benzene rings is 1. The van der Waals surface area contributed by atoms with E-state index in [-0.39, 0.29) is 18.4 Å². The van der Waals surface area contributed by atoms with Crippen molar-refractivity contribution in [3.8, 4) is 0 Å². The van der Waals surface area contributed by atoms with Crippen LogP contribution in [0.15, 0.2) is 24.3 Å². The number of nitrogens with zero attached hydrogens (tertiary/aromatic N) is 3. The summed E-state index contributed by atoms with van der Waals surface area (Å²) in [5.74, 6) is 0.125. The molecule has 1 spiro atoms.